The number of aryl methyl sites for hydroxylation is 2. The summed E-state index contributed by atoms with van der Waals surface area (Å²) in [4.78, 5) is 37.6. The average molecular weight is 460 g/mol. The second kappa shape index (κ2) is 9.74. The van der Waals surface area contributed by atoms with Gasteiger partial charge in [-0.25, -0.2) is 10.2 Å². The van der Waals surface area contributed by atoms with Gasteiger partial charge in [-0.1, -0.05) is 29.8 Å². The SMILES string of the molecule is COC(=O)c1ccccc1NC(=O)c1oc2c(c1C)/C(=N/NC(=O)c1cccc(C)c1)CCC2. The summed E-state index contributed by atoms with van der Waals surface area (Å²) in [5.74, 6) is -0.540. The normalized spacial score (nSPS) is 13.8. The maximum Gasteiger partial charge on any atom is 0.339 e. The van der Waals surface area contributed by atoms with Crippen molar-refractivity contribution in [2.45, 2.75) is 33.1 Å². The van der Waals surface area contributed by atoms with Crippen LogP contribution in [0.15, 0.2) is 58.0 Å². The lowest BCUT2D eigenvalue weighted by molar-refractivity contribution is 0.0601. The molecule has 1 aliphatic rings. The third kappa shape index (κ3) is 4.61. The molecule has 0 spiro atoms. The number of fused-ring (bicyclic) bond motifs is 1. The number of hydrazone groups is 1. The van der Waals surface area contributed by atoms with Gasteiger partial charge in [-0.15, -0.1) is 0 Å². The van der Waals surface area contributed by atoms with Crippen LogP contribution in [0.4, 0.5) is 5.69 Å². The van der Waals surface area contributed by atoms with Crippen molar-refractivity contribution in [3.05, 3.63) is 87.9 Å². The van der Waals surface area contributed by atoms with E-state index in [-0.39, 0.29) is 17.2 Å². The molecule has 1 heterocycles. The molecule has 2 N–H and O–H groups in total. The van der Waals surface area contributed by atoms with Crippen LogP contribution in [0.25, 0.3) is 0 Å². The van der Waals surface area contributed by atoms with E-state index in [0.717, 1.165) is 17.5 Å². The maximum absolute atomic E-state index is 13.0. The van der Waals surface area contributed by atoms with E-state index in [1.807, 2.05) is 19.1 Å². The van der Waals surface area contributed by atoms with Crippen molar-refractivity contribution in [2.75, 3.05) is 12.4 Å². The van der Waals surface area contributed by atoms with Gasteiger partial charge in [0, 0.05) is 23.1 Å². The number of nitrogens with zero attached hydrogens (tertiary/aromatic N) is 1. The van der Waals surface area contributed by atoms with Crippen LogP contribution in [0.3, 0.4) is 0 Å². The van der Waals surface area contributed by atoms with E-state index in [9.17, 15) is 14.4 Å². The average Bonchev–Trinajstić information content (AvgIpc) is 3.19. The molecule has 1 aliphatic carbocycles. The number of ether oxygens (including phenoxy) is 1. The molecule has 2 amide bonds. The number of furan rings is 1. The molecule has 8 heteroatoms. The summed E-state index contributed by atoms with van der Waals surface area (Å²) < 4.78 is 10.7. The molecule has 0 radical (unpaired) electrons. The zero-order valence-electron chi connectivity index (χ0n) is 19.2. The van der Waals surface area contributed by atoms with Gasteiger partial charge in [-0.3, -0.25) is 9.59 Å². The van der Waals surface area contributed by atoms with Crippen molar-refractivity contribution < 1.29 is 23.5 Å². The van der Waals surface area contributed by atoms with Gasteiger partial charge in [0.2, 0.25) is 0 Å². The molecular formula is C26H25N3O5. The molecule has 1 aromatic heterocycles. The van der Waals surface area contributed by atoms with Crippen LogP contribution in [0.1, 0.15) is 66.6 Å². The fraction of sp³-hybridized carbons (Fsp3) is 0.231. The molecule has 0 saturated heterocycles. The van der Waals surface area contributed by atoms with Gasteiger partial charge in [-0.05, 0) is 51.0 Å². The standard InChI is InChI=1S/C26H25N3O5/c1-15-8-6-9-17(14-15)24(30)29-28-20-12-7-13-21-22(20)16(2)23(34-21)25(31)27-19-11-5-4-10-18(19)26(32)33-3/h4-6,8-11,14H,7,12-13H2,1-3H3,(H,27,31)(H,29,30)/b28-20+. The summed E-state index contributed by atoms with van der Waals surface area (Å²) >= 11 is 0. The predicted molar refractivity (Wildman–Crippen MR) is 127 cm³/mol. The van der Waals surface area contributed by atoms with Crippen LogP contribution in [0.5, 0.6) is 0 Å². The number of nitrogens with one attached hydrogen (secondary N) is 2. The van der Waals surface area contributed by atoms with Crippen molar-refractivity contribution in [2.24, 2.45) is 5.10 Å². The van der Waals surface area contributed by atoms with Crippen LogP contribution < -0.4 is 10.7 Å². The third-order valence-corrected chi connectivity index (χ3v) is 5.69. The first-order valence-corrected chi connectivity index (χ1v) is 10.9. The summed E-state index contributed by atoms with van der Waals surface area (Å²) in [6.07, 6.45) is 2.09. The quantitative estimate of drug-likeness (QED) is 0.434. The molecule has 34 heavy (non-hydrogen) atoms. The van der Waals surface area contributed by atoms with E-state index in [4.69, 9.17) is 9.15 Å². The third-order valence-electron chi connectivity index (χ3n) is 5.69. The molecule has 0 atom stereocenters. The number of carbonyl (C=O) groups is 3. The summed E-state index contributed by atoms with van der Waals surface area (Å²) in [5.41, 5.74) is 6.73. The number of benzene rings is 2. The Balaban J connectivity index is 1.58. The second-order valence-corrected chi connectivity index (χ2v) is 8.07. The first kappa shape index (κ1) is 23.0. The lowest BCUT2D eigenvalue weighted by Crippen LogP contribution is -2.22. The summed E-state index contributed by atoms with van der Waals surface area (Å²) in [7, 11) is 1.28. The van der Waals surface area contributed by atoms with Crippen molar-refractivity contribution in [3.8, 4) is 0 Å². The molecular weight excluding hydrogens is 434 g/mol. The summed E-state index contributed by atoms with van der Waals surface area (Å²) in [6.45, 7) is 3.70. The topological polar surface area (TPSA) is 110 Å². The Bertz CT molecular complexity index is 1310. The highest BCUT2D eigenvalue weighted by molar-refractivity contribution is 6.11. The smallest absolute Gasteiger partial charge is 0.339 e. The number of amides is 2. The Hall–Kier alpha value is -4.20. The Morgan fingerprint density at radius 1 is 1.00 bits per heavy atom. The van der Waals surface area contributed by atoms with Gasteiger partial charge in [0.15, 0.2) is 5.76 Å². The fourth-order valence-electron chi connectivity index (χ4n) is 4.02. The molecule has 0 bridgehead atoms. The molecule has 174 valence electrons. The number of anilines is 1. The van der Waals surface area contributed by atoms with Gasteiger partial charge in [0.1, 0.15) is 5.76 Å². The molecule has 0 unspecified atom stereocenters. The molecule has 3 aromatic rings. The fourth-order valence-corrected chi connectivity index (χ4v) is 4.02. The molecule has 0 saturated carbocycles. The Labute approximate surface area is 197 Å². The maximum atomic E-state index is 13.0. The van der Waals surface area contributed by atoms with Gasteiger partial charge in [0.25, 0.3) is 11.8 Å². The zero-order chi connectivity index (χ0) is 24.2. The van der Waals surface area contributed by atoms with Gasteiger partial charge in [0.05, 0.1) is 24.1 Å². The number of para-hydroxylation sites is 1. The summed E-state index contributed by atoms with van der Waals surface area (Å²) in [5, 5.41) is 7.10. The van der Waals surface area contributed by atoms with Crippen LogP contribution in [0.2, 0.25) is 0 Å². The number of hydrogen-bond donors (Lipinski definition) is 2. The zero-order valence-corrected chi connectivity index (χ0v) is 19.2. The van der Waals surface area contributed by atoms with Crippen molar-refractivity contribution in [1.82, 2.24) is 5.43 Å². The summed E-state index contributed by atoms with van der Waals surface area (Å²) in [6, 6.07) is 13.8. The number of hydrogen-bond acceptors (Lipinski definition) is 6. The van der Waals surface area contributed by atoms with E-state index < -0.39 is 11.9 Å². The van der Waals surface area contributed by atoms with Crippen LogP contribution >= 0.6 is 0 Å². The minimum absolute atomic E-state index is 0.143. The minimum Gasteiger partial charge on any atom is -0.465 e. The molecule has 2 aromatic carbocycles. The predicted octanol–water partition coefficient (Wildman–Crippen LogP) is 4.41. The van der Waals surface area contributed by atoms with Gasteiger partial charge < -0.3 is 14.5 Å². The number of rotatable bonds is 5. The minimum atomic E-state index is -0.551. The largest absolute Gasteiger partial charge is 0.465 e. The molecule has 8 nitrogen and oxygen atoms in total. The highest BCUT2D eigenvalue weighted by atomic mass is 16.5. The molecule has 4 rings (SSSR count). The number of carbonyl (C=O) groups excluding carboxylic acids is 3. The van der Waals surface area contributed by atoms with Crippen molar-refractivity contribution in [1.29, 1.82) is 0 Å². The Morgan fingerprint density at radius 3 is 2.56 bits per heavy atom. The first-order valence-electron chi connectivity index (χ1n) is 10.9. The van der Waals surface area contributed by atoms with Crippen LogP contribution in [-0.2, 0) is 11.2 Å². The van der Waals surface area contributed by atoms with Crippen molar-refractivity contribution >= 4 is 29.2 Å². The van der Waals surface area contributed by atoms with E-state index in [1.165, 1.54) is 7.11 Å². The Morgan fingerprint density at radius 2 is 1.79 bits per heavy atom. The number of esters is 1. The number of methoxy groups -OCH3 is 1. The Kier molecular flexibility index (Phi) is 6.58. The molecule has 0 aliphatic heterocycles. The van der Waals surface area contributed by atoms with Crippen molar-refractivity contribution in [3.63, 3.8) is 0 Å². The van der Waals surface area contributed by atoms with E-state index in [1.54, 1.807) is 43.3 Å². The van der Waals surface area contributed by atoms with Gasteiger partial charge in [-0.2, -0.15) is 5.10 Å². The van der Waals surface area contributed by atoms with Crippen LogP contribution in [0, 0.1) is 13.8 Å². The van der Waals surface area contributed by atoms with Crippen LogP contribution in [-0.4, -0.2) is 30.6 Å². The lowest BCUT2D eigenvalue weighted by Gasteiger charge is -2.13. The van der Waals surface area contributed by atoms with E-state index in [2.05, 4.69) is 15.8 Å². The molecule has 0 fully saturated rings. The highest BCUT2D eigenvalue weighted by Gasteiger charge is 2.28. The highest BCUT2D eigenvalue weighted by Crippen LogP contribution is 2.30. The monoisotopic (exact) mass is 459 g/mol. The first-order chi connectivity index (χ1) is 16.4. The van der Waals surface area contributed by atoms with E-state index >= 15 is 0 Å². The van der Waals surface area contributed by atoms with Gasteiger partial charge >= 0.3 is 5.97 Å². The van der Waals surface area contributed by atoms with E-state index in [0.29, 0.717) is 41.1 Å². The lowest BCUT2D eigenvalue weighted by atomic mass is 9.93. The second-order valence-electron chi connectivity index (χ2n) is 8.07.